The van der Waals surface area contributed by atoms with E-state index in [0.717, 1.165) is 5.56 Å². The lowest BCUT2D eigenvalue weighted by Crippen LogP contribution is -2.25. The van der Waals surface area contributed by atoms with Crippen molar-refractivity contribution in [2.24, 2.45) is 0 Å². The molecule has 1 heterocycles. The zero-order chi connectivity index (χ0) is 18.2. The van der Waals surface area contributed by atoms with Crippen molar-refractivity contribution in [2.45, 2.75) is 31.1 Å². The summed E-state index contributed by atoms with van der Waals surface area (Å²) in [5.74, 6) is 0.197. The highest BCUT2D eigenvalue weighted by molar-refractivity contribution is 7.92. The molecule has 0 bridgehead atoms. The second-order valence-corrected chi connectivity index (χ2v) is 8.61. The molecule has 2 N–H and O–H groups in total. The molecular weight excluding hydrogens is 340 g/mol. The van der Waals surface area contributed by atoms with Gasteiger partial charge in [-0.3, -0.25) is 9.52 Å². The van der Waals surface area contributed by atoms with Crippen LogP contribution in [0.4, 0.5) is 11.4 Å². The Kier molecular flexibility index (Phi) is 4.20. The van der Waals surface area contributed by atoms with Crippen LogP contribution >= 0.6 is 0 Å². The van der Waals surface area contributed by atoms with E-state index in [2.05, 4.69) is 30.8 Å². The maximum atomic E-state index is 12.6. The molecule has 0 saturated carbocycles. The summed E-state index contributed by atoms with van der Waals surface area (Å²) in [6.45, 7) is 6.12. The number of carbonyl (C=O) groups is 1. The number of hydrogen-bond acceptors (Lipinski definition) is 4. The lowest BCUT2D eigenvalue weighted by Gasteiger charge is -2.20. The van der Waals surface area contributed by atoms with Crippen molar-refractivity contribution in [3.05, 3.63) is 48.0 Å². The van der Waals surface area contributed by atoms with E-state index in [1.165, 1.54) is 0 Å². The SMILES string of the molecule is CC(C)(C)c1ccc(S(=O)(=O)Nc2ccc3c(c2)OCC(=O)N3)cc1. The molecule has 0 atom stereocenters. The quantitative estimate of drug-likeness (QED) is 0.881. The number of rotatable bonds is 3. The average Bonchev–Trinajstić information content (AvgIpc) is 2.54. The van der Waals surface area contributed by atoms with E-state index in [1.807, 2.05) is 12.1 Å². The van der Waals surface area contributed by atoms with Gasteiger partial charge < -0.3 is 10.1 Å². The minimum atomic E-state index is -3.71. The molecule has 7 heteroatoms. The fourth-order valence-corrected chi connectivity index (χ4v) is 3.54. The first-order valence-electron chi connectivity index (χ1n) is 7.85. The average molecular weight is 360 g/mol. The Hall–Kier alpha value is -2.54. The van der Waals surface area contributed by atoms with E-state index >= 15 is 0 Å². The predicted octanol–water partition coefficient (Wildman–Crippen LogP) is 3.12. The normalized spacial score (nSPS) is 14.3. The summed E-state index contributed by atoms with van der Waals surface area (Å²) >= 11 is 0. The summed E-state index contributed by atoms with van der Waals surface area (Å²) in [5.41, 5.74) is 1.91. The maximum Gasteiger partial charge on any atom is 0.262 e. The van der Waals surface area contributed by atoms with Crippen LogP contribution in [0.15, 0.2) is 47.4 Å². The topological polar surface area (TPSA) is 84.5 Å². The molecule has 3 rings (SSSR count). The summed E-state index contributed by atoms with van der Waals surface area (Å²) < 4.78 is 33.0. The monoisotopic (exact) mass is 360 g/mol. The van der Waals surface area contributed by atoms with E-state index in [4.69, 9.17) is 4.74 Å². The molecule has 0 saturated heterocycles. The van der Waals surface area contributed by atoms with Gasteiger partial charge in [-0.1, -0.05) is 32.9 Å². The van der Waals surface area contributed by atoms with E-state index in [0.29, 0.717) is 17.1 Å². The molecule has 25 heavy (non-hydrogen) atoms. The van der Waals surface area contributed by atoms with E-state index in [1.54, 1.807) is 30.3 Å². The Morgan fingerprint density at radius 3 is 2.40 bits per heavy atom. The van der Waals surface area contributed by atoms with Gasteiger partial charge in [-0.2, -0.15) is 0 Å². The Balaban J connectivity index is 1.83. The highest BCUT2D eigenvalue weighted by Gasteiger charge is 2.20. The number of benzene rings is 2. The van der Waals surface area contributed by atoms with Crippen molar-refractivity contribution < 1.29 is 17.9 Å². The third-order valence-corrected chi connectivity index (χ3v) is 5.29. The molecule has 1 aliphatic heterocycles. The summed E-state index contributed by atoms with van der Waals surface area (Å²) in [5, 5.41) is 2.66. The molecule has 6 nitrogen and oxygen atoms in total. The summed E-state index contributed by atoms with van der Waals surface area (Å²) in [4.78, 5) is 11.5. The van der Waals surface area contributed by atoms with Gasteiger partial charge in [0.25, 0.3) is 15.9 Å². The number of sulfonamides is 1. The maximum absolute atomic E-state index is 12.6. The first kappa shape index (κ1) is 17.3. The number of carbonyl (C=O) groups excluding carboxylic acids is 1. The van der Waals surface area contributed by atoms with Gasteiger partial charge in [-0.25, -0.2) is 8.42 Å². The Bertz CT molecular complexity index is 913. The second kappa shape index (κ2) is 6.07. The van der Waals surface area contributed by atoms with Crippen LogP contribution in [-0.4, -0.2) is 20.9 Å². The van der Waals surface area contributed by atoms with Crippen molar-refractivity contribution in [3.8, 4) is 5.75 Å². The van der Waals surface area contributed by atoms with Gasteiger partial charge in [0.05, 0.1) is 16.3 Å². The van der Waals surface area contributed by atoms with Crippen LogP contribution in [0.5, 0.6) is 5.75 Å². The fraction of sp³-hybridized carbons (Fsp3) is 0.278. The van der Waals surface area contributed by atoms with E-state index in [9.17, 15) is 13.2 Å². The number of amides is 1. The number of anilines is 2. The molecular formula is C18H20N2O4S. The zero-order valence-electron chi connectivity index (χ0n) is 14.3. The number of hydrogen-bond donors (Lipinski definition) is 2. The highest BCUT2D eigenvalue weighted by Crippen LogP contribution is 2.31. The van der Waals surface area contributed by atoms with Gasteiger partial charge in [0.1, 0.15) is 5.75 Å². The van der Waals surface area contributed by atoms with Gasteiger partial charge in [-0.05, 0) is 35.2 Å². The van der Waals surface area contributed by atoms with Crippen molar-refractivity contribution in [2.75, 3.05) is 16.6 Å². The first-order valence-corrected chi connectivity index (χ1v) is 9.33. The molecule has 0 radical (unpaired) electrons. The van der Waals surface area contributed by atoms with Gasteiger partial charge in [0.15, 0.2) is 6.61 Å². The Morgan fingerprint density at radius 2 is 1.76 bits per heavy atom. The van der Waals surface area contributed by atoms with Gasteiger partial charge >= 0.3 is 0 Å². The molecule has 0 spiro atoms. The van der Waals surface area contributed by atoms with Crippen LogP contribution < -0.4 is 14.8 Å². The smallest absolute Gasteiger partial charge is 0.262 e. The van der Waals surface area contributed by atoms with Crippen molar-refractivity contribution in [3.63, 3.8) is 0 Å². The largest absolute Gasteiger partial charge is 0.482 e. The number of ether oxygens (including phenoxy) is 1. The first-order chi connectivity index (χ1) is 11.6. The fourth-order valence-electron chi connectivity index (χ4n) is 2.49. The highest BCUT2D eigenvalue weighted by atomic mass is 32.2. The second-order valence-electron chi connectivity index (χ2n) is 6.93. The standard InChI is InChI=1S/C18H20N2O4S/c1-18(2,3)12-4-7-14(8-5-12)25(22,23)20-13-6-9-15-16(10-13)24-11-17(21)19-15/h4-10,20H,11H2,1-3H3,(H,19,21). The van der Waals surface area contributed by atoms with Crippen LogP contribution in [0.1, 0.15) is 26.3 Å². The molecule has 0 aromatic heterocycles. The van der Waals surface area contributed by atoms with Crippen LogP contribution in [0, 0.1) is 0 Å². The van der Waals surface area contributed by atoms with Crippen molar-refractivity contribution in [1.82, 2.24) is 0 Å². The van der Waals surface area contributed by atoms with Crippen LogP contribution in [0.3, 0.4) is 0 Å². The third kappa shape index (κ3) is 3.76. The molecule has 0 unspecified atom stereocenters. The summed E-state index contributed by atoms with van der Waals surface area (Å²) in [6, 6.07) is 11.6. The summed E-state index contributed by atoms with van der Waals surface area (Å²) in [7, 11) is -3.71. The van der Waals surface area contributed by atoms with E-state index in [-0.39, 0.29) is 22.8 Å². The molecule has 1 aliphatic rings. The molecule has 132 valence electrons. The predicted molar refractivity (Wildman–Crippen MR) is 96.5 cm³/mol. The minimum absolute atomic E-state index is 0.0456. The molecule has 1 amide bonds. The Labute approximate surface area is 147 Å². The lowest BCUT2D eigenvalue weighted by molar-refractivity contribution is -0.118. The lowest BCUT2D eigenvalue weighted by atomic mass is 9.87. The molecule has 2 aromatic carbocycles. The van der Waals surface area contributed by atoms with E-state index < -0.39 is 10.0 Å². The number of fused-ring (bicyclic) bond motifs is 1. The van der Waals surface area contributed by atoms with Crippen LogP contribution in [-0.2, 0) is 20.2 Å². The minimum Gasteiger partial charge on any atom is -0.482 e. The van der Waals surface area contributed by atoms with Crippen molar-refractivity contribution >= 4 is 27.3 Å². The molecule has 2 aromatic rings. The number of nitrogens with one attached hydrogen (secondary N) is 2. The van der Waals surface area contributed by atoms with Crippen LogP contribution in [0.25, 0.3) is 0 Å². The van der Waals surface area contributed by atoms with Gasteiger partial charge in [-0.15, -0.1) is 0 Å². The Morgan fingerprint density at radius 1 is 1.08 bits per heavy atom. The van der Waals surface area contributed by atoms with Gasteiger partial charge in [0, 0.05) is 6.07 Å². The zero-order valence-corrected chi connectivity index (χ0v) is 15.1. The third-order valence-electron chi connectivity index (χ3n) is 3.90. The summed E-state index contributed by atoms with van der Waals surface area (Å²) in [6.07, 6.45) is 0. The van der Waals surface area contributed by atoms with Gasteiger partial charge in [0.2, 0.25) is 0 Å². The van der Waals surface area contributed by atoms with Crippen molar-refractivity contribution in [1.29, 1.82) is 0 Å². The molecule has 0 fully saturated rings. The van der Waals surface area contributed by atoms with Crippen LogP contribution in [0.2, 0.25) is 0 Å². The molecule has 0 aliphatic carbocycles.